The molecule has 194 valence electrons. The number of anilines is 1. The summed E-state index contributed by atoms with van der Waals surface area (Å²) in [6.07, 6.45) is 10.6. The van der Waals surface area contributed by atoms with E-state index in [0.29, 0.717) is 37.9 Å². The minimum atomic E-state index is -1.13. The number of carbonyl (C=O) groups is 1. The maximum atomic E-state index is 13.5. The second-order valence-corrected chi connectivity index (χ2v) is 17.6. The molecule has 0 bridgehead atoms. The molecular formula is C27H40N6O2Si. The van der Waals surface area contributed by atoms with Crippen molar-refractivity contribution in [2.45, 2.75) is 83.0 Å². The Morgan fingerprint density at radius 1 is 1.14 bits per heavy atom. The molecule has 0 saturated heterocycles. The molecule has 1 amide bonds. The summed E-state index contributed by atoms with van der Waals surface area (Å²) >= 11 is 0. The van der Waals surface area contributed by atoms with Crippen LogP contribution >= 0.6 is 0 Å². The van der Waals surface area contributed by atoms with Crippen molar-refractivity contribution in [3.05, 3.63) is 24.0 Å². The number of hydrogen-bond acceptors (Lipinski definition) is 6. The number of aromatic nitrogens is 2. The first-order valence-electron chi connectivity index (χ1n) is 13.6. The van der Waals surface area contributed by atoms with Crippen LogP contribution in [-0.2, 0) is 11.5 Å². The van der Waals surface area contributed by atoms with Crippen molar-refractivity contribution in [1.82, 2.24) is 19.8 Å². The van der Waals surface area contributed by atoms with E-state index in [1.54, 1.807) is 6.20 Å². The Morgan fingerprint density at radius 3 is 2.56 bits per heavy atom. The second kappa shape index (κ2) is 10.5. The maximum absolute atomic E-state index is 13.5. The molecule has 1 N–H and O–H groups in total. The topological polar surface area (TPSA) is 86.4 Å². The van der Waals surface area contributed by atoms with E-state index < -0.39 is 8.07 Å². The summed E-state index contributed by atoms with van der Waals surface area (Å²) in [5.74, 6) is 0.749. The molecule has 5 rings (SSSR count). The standard InChI is InChI=1S/C27H40N6O2Si/c1-36(2,3)15-14-35-19-31-13-10-23-25-24(17-30-26(23)31)27(34)33(22-8-9-22)18-32(25)21-6-4-20(5-7-21)16-29-12-11-28/h10,13,17,20-22,29H,4-9,12,14-16,18-19H2,1-3H3/t20-,21-. The smallest absolute Gasteiger partial charge is 0.259 e. The summed E-state index contributed by atoms with van der Waals surface area (Å²) < 4.78 is 8.10. The highest BCUT2D eigenvalue weighted by Crippen LogP contribution is 2.42. The number of pyridine rings is 1. The Labute approximate surface area is 215 Å². The van der Waals surface area contributed by atoms with Crippen molar-refractivity contribution in [3.63, 3.8) is 0 Å². The number of hydrogen-bond donors (Lipinski definition) is 1. The van der Waals surface area contributed by atoms with Gasteiger partial charge in [0.15, 0.2) is 0 Å². The molecule has 0 unspecified atom stereocenters. The molecule has 36 heavy (non-hydrogen) atoms. The molecule has 3 heterocycles. The number of nitriles is 1. The highest BCUT2D eigenvalue weighted by atomic mass is 28.3. The van der Waals surface area contributed by atoms with Gasteiger partial charge in [0.05, 0.1) is 30.5 Å². The van der Waals surface area contributed by atoms with Crippen LogP contribution in [0.25, 0.3) is 11.0 Å². The van der Waals surface area contributed by atoms with Gasteiger partial charge < -0.3 is 24.4 Å². The summed E-state index contributed by atoms with van der Waals surface area (Å²) in [6.45, 7) is 10.4. The fourth-order valence-corrected chi connectivity index (χ4v) is 6.41. The zero-order valence-electron chi connectivity index (χ0n) is 22.0. The monoisotopic (exact) mass is 508 g/mol. The van der Waals surface area contributed by atoms with Crippen LogP contribution in [-0.4, -0.2) is 66.9 Å². The number of nitrogens with zero attached hydrogens (tertiary/aromatic N) is 5. The molecule has 0 radical (unpaired) electrons. The number of nitrogens with one attached hydrogen (secondary N) is 1. The third-order valence-corrected chi connectivity index (χ3v) is 9.66. The van der Waals surface area contributed by atoms with Crippen molar-refractivity contribution < 1.29 is 9.53 Å². The van der Waals surface area contributed by atoms with Crippen molar-refractivity contribution >= 4 is 30.7 Å². The van der Waals surface area contributed by atoms with E-state index in [0.717, 1.165) is 80.0 Å². The fraction of sp³-hybridized carbons (Fsp3) is 0.667. The van der Waals surface area contributed by atoms with E-state index in [-0.39, 0.29) is 5.91 Å². The molecule has 8 nitrogen and oxygen atoms in total. The van der Waals surface area contributed by atoms with Gasteiger partial charge in [-0.05, 0) is 63.1 Å². The molecule has 2 aromatic rings. The van der Waals surface area contributed by atoms with E-state index in [4.69, 9.17) is 15.0 Å². The third-order valence-electron chi connectivity index (χ3n) is 7.95. The van der Waals surface area contributed by atoms with Crippen LogP contribution in [0.2, 0.25) is 25.7 Å². The third kappa shape index (κ3) is 5.46. The molecule has 0 atom stereocenters. The fourth-order valence-electron chi connectivity index (χ4n) is 5.65. The molecule has 1 aliphatic heterocycles. The first-order valence-corrected chi connectivity index (χ1v) is 17.3. The van der Waals surface area contributed by atoms with Gasteiger partial charge in [-0.15, -0.1) is 0 Å². The first kappa shape index (κ1) is 25.2. The molecule has 2 saturated carbocycles. The maximum Gasteiger partial charge on any atom is 0.259 e. The average molecular weight is 509 g/mol. The minimum absolute atomic E-state index is 0.131. The van der Waals surface area contributed by atoms with Crippen LogP contribution in [0.1, 0.15) is 48.9 Å². The molecule has 0 aromatic carbocycles. The van der Waals surface area contributed by atoms with Crippen molar-refractivity contribution in [2.24, 2.45) is 5.92 Å². The number of ether oxygens (including phenoxy) is 1. The van der Waals surface area contributed by atoms with E-state index in [2.05, 4.69) is 57.7 Å². The lowest BCUT2D eigenvalue weighted by Gasteiger charge is -2.45. The zero-order chi connectivity index (χ0) is 25.3. The van der Waals surface area contributed by atoms with Gasteiger partial charge in [0.25, 0.3) is 5.91 Å². The SMILES string of the molecule is C[Si](C)(C)CCOCn1ccc2c3c(cnc21)C(=O)N(C1CC1)CN3[C@H]1CC[C@H](CNCC#N)CC1. The van der Waals surface area contributed by atoms with Gasteiger partial charge >= 0.3 is 0 Å². The molecule has 3 aliphatic rings. The predicted molar refractivity (Wildman–Crippen MR) is 145 cm³/mol. The molecule has 9 heteroatoms. The van der Waals surface area contributed by atoms with Gasteiger partial charge in [-0.1, -0.05) is 19.6 Å². The van der Waals surface area contributed by atoms with Crippen molar-refractivity contribution in [2.75, 3.05) is 31.3 Å². The summed E-state index contributed by atoms with van der Waals surface area (Å²) in [7, 11) is -1.13. The Bertz CT molecular complexity index is 1120. The van der Waals surface area contributed by atoms with Gasteiger partial charge in [-0.2, -0.15) is 5.26 Å². The van der Waals surface area contributed by atoms with Gasteiger partial charge in [0.2, 0.25) is 0 Å². The van der Waals surface area contributed by atoms with E-state index in [9.17, 15) is 4.79 Å². The summed E-state index contributed by atoms with van der Waals surface area (Å²) in [6, 6.07) is 6.22. The molecule has 2 fully saturated rings. The van der Waals surface area contributed by atoms with Crippen molar-refractivity contribution in [3.8, 4) is 6.07 Å². The Kier molecular flexibility index (Phi) is 7.38. The number of amides is 1. The first-order chi connectivity index (χ1) is 17.4. The van der Waals surface area contributed by atoms with Gasteiger partial charge in [-0.3, -0.25) is 4.79 Å². The van der Waals surface area contributed by atoms with E-state index in [1.165, 1.54) is 0 Å². The summed E-state index contributed by atoms with van der Waals surface area (Å²) in [4.78, 5) is 22.8. The molecule has 2 aliphatic carbocycles. The molecule has 2 aromatic heterocycles. The van der Waals surface area contributed by atoms with Crippen LogP contribution in [0, 0.1) is 17.2 Å². The van der Waals surface area contributed by atoms with Crippen molar-refractivity contribution in [1.29, 1.82) is 5.26 Å². The van der Waals surface area contributed by atoms with Crippen LogP contribution in [0.15, 0.2) is 18.5 Å². The highest BCUT2D eigenvalue weighted by Gasteiger charge is 2.42. The van der Waals surface area contributed by atoms with Gasteiger partial charge in [0.1, 0.15) is 12.4 Å². The van der Waals surface area contributed by atoms with E-state index >= 15 is 0 Å². The minimum Gasteiger partial charge on any atom is -0.361 e. The normalized spacial score (nSPS) is 22.7. The Balaban J connectivity index is 1.37. The highest BCUT2D eigenvalue weighted by molar-refractivity contribution is 6.76. The lowest BCUT2D eigenvalue weighted by atomic mass is 9.84. The number of carbonyl (C=O) groups excluding carboxylic acids is 1. The number of fused-ring (bicyclic) bond motifs is 3. The van der Waals surface area contributed by atoms with Crippen LogP contribution in [0.5, 0.6) is 0 Å². The average Bonchev–Trinajstić information content (AvgIpc) is 3.61. The Morgan fingerprint density at radius 2 is 1.86 bits per heavy atom. The van der Waals surface area contributed by atoms with Crippen LogP contribution < -0.4 is 10.2 Å². The second-order valence-electron chi connectivity index (χ2n) is 12.0. The van der Waals surface area contributed by atoms with E-state index in [1.807, 2.05) is 0 Å². The van der Waals surface area contributed by atoms with Crippen LogP contribution in [0.4, 0.5) is 5.69 Å². The summed E-state index contributed by atoms with van der Waals surface area (Å²) in [5, 5.41) is 13.1. The Hall–Kier alpha value is -2.41. The predicted octanol–water partition coefficient (Wildman–Crippen LogP) is 4.40. The van der Waals surface area contributed by atoms with Crippen LogP contribution in [0.3, 0.4) is 0 Å². The lowest BCUT2D eigenvalue weighted by Crippen LogP contribution is -2.52. The van der Waals surface area contributed by atoms with Gasteiger partial charge in [0, 0.05) is 44.5 Å². The molecular weight excluding hydrogens is 468 g/mol. The lowest BCUT2D eigenvalue weighted by molar-refractivity contribution is 0.0718. The quantitative estimate of drug-likeness (QED) is 0.291. The zero-order valence-corrected chi connectivity index (χ0v) is 23.0. The summed E-state index contributed by atoms with van der Waals surface area (Å²) in [5.41, 5.74) is 2.71. The molecule has 0 spiro atoms. The van der Waals surface area contributed by atoms with Gasteiger partial charge in [-0.25, -0.2) is 4.98 Å². The largest absolute Gasteiger partial charge is 0.361 e. The number of rotatable bonds is 10.